The van der Waals surface area contributed by atoms with Crippen LogP contribution in [0.3, 0.4) is 0 Å². The number of nitrogens with zero attached hydrogens (tertiary/aromatic N) is 1. The van der Waals surface area contributed by atoms with E-state index in [-0.39, 0.29) is 0 Å². The summed E-state index contributed by atoms with van der Waals surface area (Å²) in [6.07, 6.45) is 32.6. The third kappa shape index (κ3) is 9.41. The van der Waals surface area contributed by atoms with Crippen LogP contribution in [0.5, 0.6) is 0 Å². The smallest absolute Gasteiger partial charge is 0.0847 e. The normalized spacial score (nSPS) is 20.8. The summed E-state index contributed by atoms with van der Waals surface area (Å²) >= 11 is 1.62. The molecule has 4 fully saturated rings. The fourth-order valence-electron chi connectivity index (χ4n) is 9.87. The third-order valence-electron chi connectivity index (χ3n) is 12.1. The Bertz CT molecular complexity index is 1200. The first-order valence-electron chi connectivity index (χ1n) is 18.7. The summed E-state index contributed by atoms with van der Waals surface area (Å²) in [5, 5.41) is 2.77. The monoisotopic (exact) mass is 768 g/mol. The van der Waals surface area contributed by atoms with Crippen LogP contribution in [-0.2, 0) is 34.4 Å². The Morgan fingerprint density at radius 1 is 0.543 bits per heavy atom. The number of rotatable bonds is 8. The first-order chi connectivity index (χ1) is 22.8. The van der Waals surface area contributed by atoms with E-state index >= 15 is 0 Å². The number of halogens is 1. The molecule has 4 saturated carbocycles. The molecule has 4 aliphatic rings. The minimum atomic E-state index is -0.433. The molecule has 7 rings (SSSR count). The number of hydrogen-bond donors (Lipinski definition) is 0. The second kappa shape index (κ2) is 19.7. The van der Waals surface area contributed by atoms with E-state index in [4.69, 9.17) is 9.78 Å². The van der Waals surface area contributed by atoms with Gasteiger partial charge in [0, 0.05) is 37.7 Å². The molecule has 6 heteroatoms. The maximum atomic E-state index is 7.75. The Hall–Kier alpha value is -0.447. The van der Waals surface area contributed by atoms with E-state index in [2.05, 4.69) is 58.9 Å². The van der Waals surface area contributed by atoms with E-state index in [9.17, 15) is 0 Å². The minimum absolute atomic E-state index is 0.433. The molecule has 1 aromatic heterocycles. The molecule has 1 heterocycles. The van der Waals surface area contributed by atoms with E-state index in [0.29, 0.717) is 0 Å². The van der Waals surface area contributed by atoms with E-state index in [0.717, 1.165) is 22.6 Å². The van der Waals surface area contributed by atoms with Crippen molar-refractivity contribution in [3.8, 4) is 0 Å². The van der Waals surface area contributed by atoms with Crippen molar-refractivity contribution in [2.75, 3.05) is 0 Å². The summed E-state index contributed by atoms with van der Waals surface area (Å²) in [4.78, 5) is 13.4. The van der Waals surface area contributed by atoms with E-state index < -0.39 is 15.8 Å². The van der Waals surface area contributed by atoms with Gasteiger partial charge in [0.1, 0.15) is 0 Å². The molecular weight excluding hydrogens is 709 g/mol. The predicted molar refractivity (Wildman–Crippen MR) is 205 cm³/mol. The van der Waals surface area contributed by atoms with Crippen LogP contribution in [0.15, 0.2) is 42.5 Å². The van der Waals surface area contributed by atoms with Crippen LogP contribution in [0.25, 0.3) is 21.8 Å². The van der Waals surface area contributed by atoms with Gasteiger partial charge >= 0.3 is 27.0 Å². The van der Waals surface area contributed by atoms with Gasteiger partial charge in [0.25, 0.3) is 0 Å². The molecule has 2 nitrogen and oxygen atoms in total. The standard InChI is InChI=1S/C39H55NP2.CHO.ClH.Ru.H/c1-5-19-34(20-6-1)41(35-21-7-2-8-22-35)28-32-17-13-15-30-27-31-16-14-18-33(39(31)40-38(30)32)29-42(36-23-9-3-10-24-36)37-25-11-4-12-26-37;1-2;;;/h13-18,27,34-37H,1-12,19-26,28-29H2;1H;1H;;/q;-1;;+1;/p+1. The number of aromatic nitrogens is 1. The molecule has 0 N–H and O–H groups in total. The van der Waals surface area contributed by atoms with Crippen molar-refractivity contribution >= 4 is 54.1 Å². The van der Waals surface area contributed by atoms with Gasteiger partial charge in [-0.3, -0.25) is 6.79 Å². The van der Waals surface area contributed by atoms with Crippen LogP contribution >= 0.6 is 25.5 Å². The van der Waals surface area contributed by atoms with E-state index in [1.54, 1.807) is 28.4 Å². The van der Waals surface area contributed by atoms with Gasteiger partial charge in [0.05, 0.1) is 46.0 Å². The van der Waals surface area contributed by atoms with Gasteiger partial charge in [-0.05, 0) is 109 Å². The first-order valence-corrected chi connectivity index (χ1v) is 24.8. The van der Waals surface area contributed by atoms with Gasteiger partial charge in [-0.2, -0.15) is 0 Å². The van der Waals surface area contributed by atoms with Crippen LogP contribution in [0.1, 0.15) is 140 Å². The van der Waals surface area contributed by atoms with Crippen LogP contribution in [0.2, 0.25) is 0 Å². The number of para-hydroxylation sites is 2. The molecule has 0 atom stereocenters. The fourth-order valence-corrected chi connectivity index (χ4v) is 18.4. The molecule has 254 valence electrons. The van der Waals surface area contributed by atoms with Crippen LogP contribution < -0.4 is 0 Å². The SMILES string of the molecule is [CH-]=O.[Cl][RuH].c1cc(C[PH+](C2CCCCC2)C2CCCCC2)c2nc3c(C[PH+](C4CCCCC4)C4CCCCC4)cccc3cc2c1. The van der Waals surface area contributed by atoms with E-state index in [1.165, 1.54) is 163 Å². The van der Waals surface area contributed by atoms with Gasteiger partial charge < -0.3 is 4.79 Å². The van der Waals surface area contributed by atoms with Crippen molar-refractivity contribution in [1.29, 1.82) is 0 Å². The van der Waals surface area contributed by atoms with Crippen LogP contribution in [0.4, 0.5) is 0 Å². The van der Waals surface area contributed by atoms with Crippen molar-refractivity contribution in [3.05, 3.63) is 53.6 Å². The number of pyridine rings is 1. The Morgan fingerprint density at radius 3 is 1.15 bits per heavy atom. The Kier molecular flexibility index (Phi) is 15.7. The molecule has 0 radical (unpaired) electrons. The molecule has 2 aromatic carbocycles. The Labute approximate surface area is 296 Å². The molecule has 3 aromatic rings. The molecular formula is C40H59ClNOP2Ru+. The molecule has 0 bridgehead atoms. The topological polar surface area (TPSA) is 30.0 Å². The molecule has 46 heavy (non-hydrogen) atoms. The summed E-state index contributed by atoms with van der Waals surface area (Å²) < 4.78 is 0. The van der Waals surface area contributed by atoms with Crippen molar-refractivity contribution in [1.82, 2.24) is 4.98 Å². The second-order valence-electron chi connectivity index (χ2n) is 14.8. The molecule has 0 saturated heterocycles. The van der Waals surface area contributed by atoms with Crippen molar-refractivity contribution in [2.24, 2.45) is 0 Å². The molecule has 4 aliphatic carbocycles. The molecule has 0 spiro atoms. The second-order valence-corrected chi connectivity index (χ2v) is 21.1. The van der Waals surface area contributed by atoms with Gasteiger partial charge in [-0.15, -0.1) is 0 Å². The van der Waals surface area contributed by atoms with Crippen molar-refractivity contribution in [3.63, 3.8) is 0 Å². The van der Waals surface area contributed by atoms with Crippen LogP contribution in [-0.4, -0.2) is 34.4 Å². The Balaban J connectivity index is 0.00000100. The summed E-state index contributed by atoms with van der Waals surface area (Å²) in [5.41, 5.74) is 10.1. The minimum Gasteiger partial charge on any atom is -0.247 e. The molecule has 0 aliphatic heterocycles. The number of hydrogen-bond acceptors (Lipinski definition) is 2. The van der Waals surface area contributed by atoms with Gasteiger partial charge in [0.2, 0.25) is 0 Å². The third-order valence-corrected chi connectivity index (χ3v) is 20.2. The van der Waals surface area contributed by atoms with Crippen molar-refractivity contribution in [2.45, 2.75) is 163 Å². The number of benzene rings is 2. The summed E-state index contributed by atoms with van der Waals surface area (Å²) in [7, 11) is 3.74. The molecule has 0 amide bonds. The average molecular weight is 768 g/mol. The van der Waals surface area contributed by atoms with Gasteiger partial charge in [0.15, 0.2) is 0 Å². The summed E-state index contributed by atoms with van der Waals surface area (Å²) in [6.45, 7) is 3.25. The summed E-state index contributed by atoms with van der Waals surface area (Å²) in [6, 6.07) is 16.9. The zero-order chi connectivity index (χ0) is 32.1. The summed E-state index contributed by atoms with van der Waals surface area (Å²) in [5.74, 6) is 0. The van der Waals surface area contributed by atoms with Gasteiger partial charge in [-0.25, -0.2) is 4.98 Å². The number of fused-ring (bicyclic) bond motifs is 2. The molecule has 0 unspecified atom stereocenters. The average Bonchev–Trinajstić information content (AvgIpc) is 3.15. The largest absolute Gasteiger partial charge is 0.247 e. The van der Waals surface area contributed by atoms with Crippen molar-refractivity contribution < 1.29 is 22.1 Å². The maximum absolute atomic E-state index is 7.75. The van der Waals surface area contributed by atoms with Gasteiger partial charge in [-0.1, -0.05) is 62.1 Å². The predicted octanol–water partition coefficient (Wildman–Crippen LogP) is 12.3. The zero-order valence-electron chi connectivity index (χ0n) is 28.1. The Morgan fingerprint density at radius 2 is 0.848 bits per heavy atom. The number of carbonyl (C=O) groups excluding carboxylic acids is 1. The first kappa shape index (κ1) is 36.8. The fraction of sp³-hybridized carbons (Fsp3) is 0.650. The van der Waals surface area contributed by atoms with E-state index in [1.807, 2.05) is 0 Å². The quantitative estimate of drug-likeness (QED) is 0.0751. The zero-order valence-corrected chi connectivity index (χ0v) is 32.7. The maximum Gasteiger partial charge on any atom is 0.0847 e. The van der Waals surface area contributed by atoms with Crippen LogP contribution in [0, 0.1) is 0 Å².